The van der Waals surface area contributed by atoms with Crippen molar-refractivity contribution >= 4 is 17.6 Å². The van der Waals surface area contributed by atoms with E-state index in [1.54, 1.807) is 31.2 Å². The van der Waals surface area contributed by atoms with Crippen LogP contribution in [0.1, 0.15) is 23.4 Å². The van der Waals surface area contributed by atoms with E-state index in [1.807, 2.05) is 0 Å². The zero-order chi connectivity index (χ0) is 28.3. The molecule has 4 aromatic rings. The molecule has 0 saturated carbocycles. The number of benzene rings is 2. The monoisotopic (exact) mass is 566 g/mol. The molecule has 0 aliphatic carbocycles. The molecule has 0 saturated heterocycles. The maximum Gasteiger partial charge on any atom is 0.416 e. The van der Waals surface area contributed by atoms with E-state index in [2.05, 4.69) is 15.2 Å². The van der Waals surface area contributed by atoms with Gasteiger partial charge in [0.2, 0.25) is 5.82 Å². The minimum absolute atomic E-state index is 0.0583. The summed E-state index contributed by atoms with van der Waals surface area (Å²) in [6.45, 7) is 0.159. The lowest BCUT2D eigenvalue weighted by Crippen LogP contribution is -2.37. The first-order chi connectivity index (χ1) is 18.5. The van der Waals surface area contributed by atoms with Crippen molar-refractivity contribution < 1.29 is 32.5 Å². The SMILES string of the molecule is CCOC(=O)c1nc(Cn2nc(-c3ccc(Cl)cc3)n(C[C@H](O)C(F)(F)F)c2=O)nn1-c1ccccc1OC. The van der Waals surface area contributed by atoms with Crippen LogP contribution in [-0.4, -0.2) is 66.2 Å². The Morgan fingerprint density at radius 3 is 2.46 bits per heavy atom. The van der Waals surface area contributed by atoms with Gasteiger partial charge < -0.3 is 14.6 Å². The maximum absolute atomic E-state index is 13.2. The first kappa shape index (κ1) is 27.9. The van der Waals surface area contributed by atoms with Gasteiger partial charge in [-0.3, -0.25) is 4.57 Å². The molecule has 2 heterocycles. The van der Waals surface area contributed by atoms with E-state index in [9.17, 15) is 27.9 Å². The van der Waals surface area contributed by atoms with Crippen molar-refractivity contribution in [2.75, 3.05) is 13.7 Å². The van der Waals surface area contributed by atoms with Gasteiger partial charge in [-0.2, -0.15) is 13.2 Å². The van der Waals surface area contributed by atoms with Gasteiger partial charge in [0.05, 0.1) is 20.3 Å². The fourth-order valence-electron chi connectivity index (χ4n) is 3.65. The Kier molecular flexibility index (Phi) is 8.06. The van der Waals surface area contributed by atoms with Gasteiger partial charge in [0.25, 0.3) is 0 Å². The number of ether oxygens (including phenoxy) is 2. The molecule has 0 spiro atoms. The van der Waals surface area contributed by atoms with Crippen LogP contribution in [0.5, 0.6) is 5.75 Å². The number of para-hydroxylation sites is 2. The number of methoxy groups -OCH3 is 1. The molecule has 4 rings (SSSR count). The molecule has 0 amide bonds. The third kappa shape index (κ3) is 5.96. The highest BCUT2D eigenvalue weighted by atomic mass is 35.5. The van der Waals surface area contributed by atoms with E-state index in [0.717, 1.165) is 4.68 Å². The van der Waals surface area contributed by atoms with Crippen LogP contribution in [0.3, 0.4) is 0 Å². The zero-order valence-electron chi connectivity index (χ0n) is 20.6. The highest BCUT2D eigenvalue weighted by molar-refractivity contribution is 6.30. The Morgan fingerprint density at radius 2 is 1.82 bits per heavy atom. The van der Waals surface area contributed by atoms with E-state index in [-0.39, 0.29) is 29.6 Å². The lowest BCUT2D eigenvalue weighted by molar-refractivity contribution is -0.207. The number of aliphatic hydroxyl groups is 1. The molecular weight excluding hydrogens is 545 g/mol. The second-order valence-corrected chi connectivity index (χ2v) is 8.53. The van der Waals surface area contributed by atoms with Crippen molar-refractivity contribution in [3.63, 3.8) is 0 Å². The van der Waals surface area contributed by atoms with Crippen LogP contribution in [0.25, 0.3) is 17.1 Å². The molecule has 1 atom stereocenters. The van der Waals surface area contributed by atoms with Gasteiger partial charge in [-0.25, -0.2) is 23.9 Å². The summed E-state index contributed by atoms with van der Waals surface area (Å²) in [6, 6.07) is 12.6. The number of aromatic nitrogens is 6. The summed E-state index contributed by atoms with van der Waals surface area (Å²) < 4.78 is 52.5. The molecule has 0 radical (unpaired) electrons. The molecule has 11 nitrogen and oxygen atoms in total. The molecule has 39 heavy (non-hydrogen) atoms. The number of hydrogen-bond acceptors (Lipinski definition) is 8. The van der Waals surface area contributed by atoms with Crippen molar-refractivity contribution in [2.24, 2.45) is 0 Å². The predicted molar refractivity (Wildman–Crippen MR) is 132 cm³/mol. The quantitative estimate of drug-likeness (QED) is 0.306. The number of alkyl halides is 3. The van der Waals surface area contributed by atoms with E-state index in [4.69, 9.17) is 21.1 Å². The minimum Gasteiger partial charge on any atom is -0.494 e. The summed E-state index contributed by atoms with van der Waals surface area (Å²) >= 11 is 5.92. The Balaban J connectivity index is 1.80. The first-order valence-corrected chi connectivity index (χ1v) is 11.9. The third-order valence-corrected chi connectivity index (χ3v) is 5.72. The maximum atomic E-state index is 13.2. The van der Waals surface area contributed by atoms with E-state index in [1.165, 1.54) is 36.1 Å². The summed E-state index contributed by atoms with van der Waals surface area (Å²) in [6.07, 6.45) is -7.79. The standard InChI is InChI=1S/C24H22ClF3N6O5/c1-3-39-22(36)21-29-19(30-34(21)16-6-4-5-7-17(16)38-2)13-33-23(37)32(12-18(35)24(26,27)28)20(31-33)14-8-10-15(25)11-9-14/h4-11,18,35H,3,12-13H2,1-2H3/t18-/m0/s1. The number of nitrogens with zero attached hydrogens (tertiary/aromatic N) is 6. The molecule has 0 bridgehead atoms. The summed E-state index contributed by atoms with van der Waals surface area (Å²) in [7, 11) is 1.43. The van der Waals surface area contributed by atoms with Gasteiger partial charge in [-0.15, -0.1) is 10.2 Å². The lowest BCUT2D eigenvalue weighted by atomic mass is 10.2. The van der Waals surface area contributed by atoms with Gasteiger partial charge in [0, 0.05) is 10.6 Å². The fourth-order valence-corrected chi connectivity index (χ4v) is 3.78. The highest BCUT2D eigenvalue weighted by Crippen LogP contribution is 2.25. The molecule has 206 valence electrons. The number of esters is 1. The molecule has 2 aromatic carbocycles. The van der Waals surface area contributed by atoms with Gasteiger partial charge >= 0.3 is 17.8 Å². The summed E-state index contributed by atoms with van der Waals surface area (Å²) in [4.78, 5) is 30.0. The minimum atomic E-state index is -4.97. The van der Waals surface area contributed by atoms with Crippen molar-refractivity contribution in [2.45, 2.75) is 32.3 Å². The summed E-state index contributed by atoms with van der Waals surface area (Å²) in [5.41, 5.74) is -0.325. The molecule has 0 fully saturated rings. The zero-order valence-corrected chi connectivity index (χ0v) is 21.3. The molecule has 2 aromatic heterocycles. The largest absolute Gasteiger partial charge is 0.494 e. The molecule has 1 N–H and O–H groups in total. The van der Waals surface area contributed by atoms with Crippen molar-refractivity contribution in [1.82, 2.24) is 29.1 Å². The lowest BCUT2D eigenvalue weighted by Gasteiger charge is -2.15. The van der Waals surface area contributed by atoms with Crippen molar-refractivity contribution in [1.29, 1.82) is 0 Å². The summed E-state index contributed by atoms with van der Waals surface area (Å²) in [5.74, 6) is -0.846. The number of rotatable bonds is 9. The van der Waals surface area contributed by atoms with E-state index >= 15 is 0 Å². The van der Waals surface area contributed by atoms with Gasteiger partial charge in [0.1, 0.15) is 18.0 Å². The molecule has 0 unspecified atom stereocenters. The topological polar surface area (TPSA) is 126 Å². The average Bonchev–Trinajstić information content (AvgIpc) is 3.46. The van der Waals surface area contributed by atoms with Crippen LogP contribution in [-0.2, 0) is 17.8 Å². The second kappa shape index (κ2) is 11.3. The first-order valence-electron chi connectivity index (χ1n) is 11.5. The van der Waals surface area contributed by atoms with Crippen LogP contribution in [0.2, 0.25) is 5.02 Å². The Morgan fingerprint density at radius 1 is 1.13 bits per heavy atom. The van der Waals surface area contributed by atoms with Gasteiger partial charge in [-0.05, 0) is 43.3 Å². The normalized spacial score (nSPS) is 12.4. The Labute approximate surface area is 224 Å². The van der Waals surface area contributed by atoms with Crippen molar-refractivity contribution in [3.05, 3.63) is 75.7 Å². The van der Waals surface area contributed by atoms with E-state index < -0.39 is 37.0 Å². The van der Waals surface area contributed by atoms with Crippen molar-refractivity contribution in [3.8, 4) is 22.8 Å². The number of hydrogen-bond donors (Lipinski definition) is 1. The van der Waals surface area contributed by atoms with Crippen LogP contribution in [0.4, 0.5) is 13.2 Å². The average molecular weight is 567 g/mol. The summed E-state index contributed by atoms with van der Waals surface area (Å²) in [5, 5.41) is 18.5. The number of halogens is 4. The number of aliphatic hydroxyl groups excluding tert-OH is 1. The second-order valence-electron chi connectivity index (χ2n) is 8.09. The molecular formula is C24H22ClF3N6O5. The van der Waals surface area contributed by atoms with Crippen LogP contribution >= 0.6 is 11.6 Å². The van der Waals surface area contributed by atoms with Gasteiger partial charge in [-0.1, -0.05) is 23.7 Å². The molecule has 15 heteroatoms. The molecule has 0 aliphatic heterocycles. The number of carbonyl (C=O) groups excluding carboxylic acids is 1. The third-order valence-electron chi connectivity index (χ3n) is 5.47. The highest BCUT2D eigenvalue weighted by Gasteiger charge is 2.39. The predicted octanol–water partition coefficient (Wildman–Crippen LogP) is 3.10. The van der Waals surface area contributed by atoms with Crippen LogP contribution in [0, 0.1) is 0 Å². The molecule has 0 aliphatic rings. The van der Waals surface area contributed by atoms with Gasteiger partial charge in [0.15, 0.2) is 17.8 Å². The van der Waals surface area contributed by atoms with Crippen LogP contribution < -0.4 is 10.4 Å². The fraction of sp³-hybridized carbons (Fsp3) is 0.292. The Bertz CT molecular complexity index is 1530. The van der Waals surface area contributed by atoms with E-state index in [0.29, 0.717) is 21.0 Å². The smallest absolute Gasteiger partial charge is 0.416 e. The number of carbonyl (C=O) groups is 1. The van der Waals surface area contributed by atoms with Crippen LogP contribution in [0.15, 0.2) is 53.3 Å². The Hall–Kier alpha value is -4.17.